The Morgan fingerprint density at radius 1 is 1.28 bits per heavy atom. The van der Waals surface area contributed by atoms with Gasteiger partial charge in [0.1, 0.15) is 29.7 Å². The van der Waals surface area contributed by atoms with Crippen molar-refractivity contribution in [1.82, 2.24) is 5.32 Å². The number of benzene rings is 1. The molecule has 3 N–H and O–H groups in total. The first kappa shape index (κ1) is 14.5. The van der Waals surface area contributed by atoms with Gasteiger partial charge in [0.15, 0.2) is 0 Å². The summed E-state index contributed by atoms with van der Waals surface area (Å²) in [5.74, 6) is -4.21. The van der Waals surface area contributed by atoms with Crippen LogP contribution in [0.1, 0.15) is 18.6 Å². The van der Waals surface area contributed by atoms with Gasteiger partial charge in [-0.15, -0.1) is 0 Å². The normalized spacial score (nSPS) is 14.1. The Hall–Kier alpha value is -1.60. The van der Waals surface area contributed by atoms with Crippen molar-refractivity contribution in [3.05, 3.63) is 35.1 Å². The van der Waals surface area contributed by atoms with Crippen molar-refractivity contribution in [3.8, 4) is 0 Å². The Morgan fingerprint density at radius 3 is 2.22 bits per heavy atom. The number of nitrogens with one attached hydrogen (secondary N) is 1. The molecular formula is C11H12F3NO3. The van der Waals surface area contributed by atoms with Crippen molar-refractivity contribution in [3.63, 3.8) is 0 Å². The van der Waals surface area contributed by atoms with E-state index >= 15 is 0 Å². The number of hydrogen-bond donors (Lipinski definition) is 3. The molecule has 0 fully saturated rings. The summed E-state index contributed by atoms with van der Waals surface area (Å²) in [5.41, 5.74) is -0.839. The van der Waals surface area contributed by atoms with Crippen LogP contribution >= 0.6 is 0 Å². The molecule has 7 heteroatoms. The largest absolute Gasteiger partial charge is 0.388 e. The fourth-order valence-electron chi connectivity index (χ4n) is 1.39. The molecule has 1 rings (SSSR count). The zero-order chi connectivity index (χ0) is 13.9. The van der Waals surface area contributed by atoms with E-state index in [9.17, 15) is 28.2 Å². The molecule has 0 saturated carbocycles. The van der Waals surface area contributed by atoms with Crippen molar-refractivity contribution in [2.75, 3.05) is 6.54 Å². The third-order valence-electron chi connectivity index (χ3n) is 2.26. The number of aliphatic hydroxyl groups is 2. The van der Waals surface area contributed by atoms with Crippen molar-refractivity contribution < 1.29 is 28.2 Å². The third kappa shape index (κ3) is 3.44. The summed E-state index contributed by atoms with van der Waals surface area (Å²) in [7, 11) is 0. The van der Waals surface area contributed by atoms with Crippen LogP contribution in [0.4, 0.5) is 13.2 Å². The molecule has 2 atom stereocenters. The van der Waals surface area contributed by atoms with Crippen molar-refractivity contribution in [2.24, 2.45) is 0 Å². The van der Waals surface area contributed by atoms with E-state index in [1.807, 2.05) is 0 Å². The van der Waals surface area contributed by atoms with Crippen LogP contribution in [0.15, 0.2) is 12.1 Å². The highest BCUT2D eigenvalue weighted by molar-refractivity contribution is 5.72. The Labute approximate surface area is 101 Å². The minimum atomic E-state index is -1.91. The quantitative estimate of drug-likeness (QED) is 0.746. The van der Waals surface area contributed by atoms with Gasteiger partial charge in [0.2, 0.25) is 5.91 Å². The summed E-state index contributed by atoms with van der Waals surface area (Å²) in [6.07, 6.45) is -3.51. The van der Waals surface area contributed by atoms with Crippen LogP contribution in [0.3, 0.4) is 0 Å². The molecule has 0 aromatic heterocycles. The summed E-state index contributed by atoms with van der Waals surface area (Å²) in [4.78, 5) is 10.6. The summed E-state index contributed by atoms with van der Waals surface area (Å²) in [6.45, 7) is 0.797. The minimum Gasteiger partial charge on any atom is -0.388 e. The maximum absolute atomic E-state index is 13.3. The van der Waals surface area contributed by atoms with Crippen LogP contribution in [-0.2, 0) is 4.79 Å². The molecule has 0 bridgehead atoms. The molecule has 0 heterocycles. The summed E-state index contributed by atoms with van der Waals surface area (Å²) >= 11 is 0. The van der Waals surface area contributed by atoms with Crippen LogP contribution in [-0.4, -0.2) is 28.8 Å². The van der Waals surface area contributed by atoms with Gasteiger partial charge >= 0.3 is 0 Å². The summed E-state index contributed by atoms with van der Waals surface area (Å²) < 4.78 is 39.2. The number of halogens is 3. The predicted octanol–water partition coefficient (Wildman–Crippen LogP) is 0.634. The van der Waals surface area contributed by atoms with Gasteiger partial charge in [0.25, 0.3) is 0 Å². The molecule has 0 aliphatic rings. The first-order valence-corrected chi connectivity index (χ1v) is 5.08. The lowest BCUT2D eigenvalue weighted by Crippen LogP contribution is -2.34. The molecule has 1 amide bonds. The maximum atomic E-state index is 13.3. The van der Waals surface area contributed by atoms with E-state index in [1.54, 1.807) is 0 Å². The van der Waals surface area contributed by atoms with E-state index in [1.165, 1.54) is 6.92 Å². The molecule has 0 spiro atoms. The number of amides is 1. The smallest absolute Gasteiger partial charge is 0.216 e. The van der Waals surface area contributed by atoms with E-state index in [0.29, 0.717) is 12.1 Å². The van der Waals surface area contributed by atoms with Crippen LogP contribution < -0.4 is 5.32 Å². The molecule has 0 radical (unpaired) electrons. The van der Waals surface area contributed by atoms with E-state index in [0.717, 1.165) is 0 Å². The fourth-order valence-corrected chi connectivity index (χ4v) is 1.39. The zero-order valence-electron chi connectivity index (χ0n) is 9.45. The van der Waals surface area contributed by atoms with Crippen LogP contribution in [0.5, 0.6) is 0 Å². The molecule has 0 aliphatic heterocycles. The molecule has 100 valence electrons. The van der Waals surface area contributed by atoms with E-state index in [-0.39, 0.29) is 6.54 Å². The van der Waals surface area contributed by atoms with Gasteiger partial charge in [-0.3, -0.25) is 4.79 Å². The molecule has 1 aromatic carbocycles. The molecule has 4 nitrogen and oxygen atoms in total. The average Bonchev–Trinajstić information content (AvgIpc) is 2.24. The Balaban J connectivity index is 2.89. The predicted molar refractivity (Wildman–Crippen MR) is 56.0 cm³/mol. The fraction of sp³-hybridized carbons (Fsp3) is 0.364. The molecule has 18 heavy (non-hydrogen) atoms. The number of carbonyl (C=O) groups is 1. The van der Waals surface area contributed by atoms with E-state index in [4.69, 9.17) is 0 Å². The Morgan fingerprint density at radius 2 is 1.78 bits per heavy atom. The SMILES string of the molecule is CC(=O)NCC(O)C(O)c1c(F)cc(F)cc1F. The van der Waals surface area contributed by atoms with Crippen LogP contribution in [0.2, 0.25) is 0 Å². The van der Waals surface area contributed by atoms with Gasteiger partial charge in [-0.05, 0) is 0 Å². The van der Waals surface area contributed by atoms with Gasteiger partial charge in [-0.25, -0.2) is 13.2 Å². The van der Waals surface area contributed by atoms with Crippen LogP contribution in [0.25, 0.3) is 0 Å². The van der Waals surface area contributed by atoms with Crippen molar-refractivity contribution in [1.29, 1.82) is 0 Å². The second-order valence-electron chi connectivity index (χ2n) is 3.73. The van der Waals surface area contributed by atoms with Crippen molar-refractivity contribution in [2.45, 2.75) is 19.1 Å². The number of carbonyl (C=O) groups excluding carboxylic acids is 1. The van der Waals surface area contributed by atoms with Gasteiger partial charge in [0.05, 0.1) is 5.56 Å². The highest BCUT2D eigenvalue weighted by atomic mass is 19.1. The second-order valence-corrected chi connectivity index (χ2v) is 3.73. The summed E-state index contributed by atoms with van der Waals surface area (Å²) in [5, 5.41) is 21.2. The Kier molecular flexibility index (Phi) is 4.69. The Bertz CT molecular complexity index is 430. The average molecular weight is 263 g/mol. The highest BCUT2D eigenvalue weighted by Crippen LogP contribution is 2.24. The minimum absolute atomic E-state index is 0.382. The maximum Gasteiger partial charge on any atom is 0.216 e. The monoisotopic (exact) mass is 263 g/mol. The lowest BCUT2D eigenvalue weighted by molar-refractivity contribution is -0.119. The highest BCUT2D eigenvalue weighted by Gasteiger charge is 2.25. The van der Waals surface area contributed by atoms with Crippen LogP contribution in [0, 0.1) is 17.5 Å². The third-order valence-corrected chi connectivity index (χ3v) is 2.26. The van der Waals surface area contributed by atoms with E-state index in [2.05, 4.69) is 5.32 Å². The molecule has 0 saturated heterocycles. The van der Waals surface area contributed by atoms with Gasteiger partial charge in [0, 0.05) is 25.6 Å². The number of aliphatic hydroxyl groups excluding tert-OH is 2. The lowest BCUT2D eigenvalue weighted by atomic mass is 10.0. The standard InChI is InChI=1S/C11H12F3NO3/c1-5(16)15-4-9(17)11(18)10-7(13)2-6(12)3-8(10)14/h2-3,9,11,17-18H,4H2,1H3,(H,15,16). The first-order valence-electron chi connectivity index (χ1n) is 5.08. The van der Waals surface area contributed by atoms with E-state index < -0.39 is 41.1 Å². The number of rotatable bonds is 4. The van der Waals surface area contributed by atoms with Gasteiger partial charge in [-0.1, -0.05) is 0 Å². The molecular weight excluding hydrogens is 251 g/mol. The topological polar surface area (TPSA) is 69.6 Å². The zero-order valence-corrected chi connectivity index (χ0v) is 9.45. The molecule has 2 unspecified atom stereocenters. The number of hydrogen-bond acceptors (Lipinski definition) is 3. The molecule has 1 aromatic rings. The van der Waals surface area contributed by atoms with Gasteiger partial charge < -0.3 is 15.5 Å². The second kappa shape index (κ2) is 5.83. The first-order chi connectivity index (χ1) is 8.32. The van der Waals surface area contributed by atoms with Gasteiger partial charge in [-0.2, -0.15) is 0 Å². The molecule has 0 aliphatic carbocycles. The lowest BCUT2D eigenvalue weighted by Gasteiger charge is -2.19. The van der Waals surface area contributed by atoms with Crippen molar-refractivity contribution >= 4 is 5.91 Å². The summed E-state index contributed by atoms with van der Waals surface area (Å²) in [6, 6.07) is 0.791.